The lowest BCUT2D eigenvalue weighted by Gasteiger charge is -2.27. The summed E-state index contributed by atoms with van der Waals surface area (Å²) in [4.78, 5) is 0. The van der Waals surface area contributed by atoms with Crippen LogP contribution >= 0.6 is 0 Å². The van der Waals surface area contributed by atoms with Crippen LogP contribution in [-0.4, -0.2) is 29.5 Å². The standard InChI is InChI=1S/C8H19NO2/c1-6(7(9)5-10)11-8(2,3)4/h6-7,10H,5,9H2,1-4H3/t6-,7+/m0/s1. The van der Waals surface area contributed by atoms with E-state index in [1.807, 2.05) is 27.7 Å². The molecule has 0 bridgehead atoms. The Labute approximate surface area is 68.5 Å². The van der Waals surface area contributed by atoms with Gasteiger partial charge in [0.15, 0.2) is 0 Å². The molecule has 2 atom stereocenters. The van der Waals surface area contributed by atoms with E-state index in [0.717, 1.165) is 0 Å². The molecule has 3 nitrogen and oxygen atoms in total. The largest absolute Gasteiger partial charge is 0.395 e. The predicted octanol–water partition coefficient (Wildman–Crippen LogP) is 0.510. The third-order valence-corrected chi connectivity index (χ3v) is 1.35. The van der Waals surface area contributed by atoms with Crippen LogP contribution in [0.15, 0.2) is 0 Å². The normalized spacial score (nSPS) is 18.0. The molecule has 3 heteroatoms. The Hall–Kier alpha value is -0.120. The van der Waals surface area contributed by atoms with Crippen LogP contribution in [0.25, 0.3) is 0 Å². The topological polar surface area (TPSA) is 55.5 Å². The zero-order valence-corrected chi connectivity index (χ0v) is 7.79. The van der Waals surface area contributed by atoms with Crippen molar-refractivity contribution in [1.29, 1.82) is 0 Å². The minimum Gasteiger partial charge on any atom is -0.395 e. The van der Waals surface area contributed by atoms with Gasteiger partial charge in [-0.3, -0.25) is 0 Å². The number of nitrogens with two attached hydrogens (primary N) is 1. The summed E-state index contributed by atoms with van der Waals surface area (Å²) in [6.45, 7) is 7.73. The molecule has 0 aliphatic heterocycles. The second-order valence-corrected chi connectivity index (χ2v) is 3.78. The Balaban J connectivity index is 3.77. The van der Waals surface area contributed by atoms with Gasteiger partial charge in [-0.1, -0.05) is 0 Å². The molecule has 0 aromatic rings. The average molecular weight is 161 g/mol. The summed E-state index contributed by atoms with van der Waals surface area (Å²) < 4.78 is 5.51. The van der Waals surface area contributed by atoms with Crippen molar-refractivity contribution in [2.24, 2.45) is 5.73 Å². The van der Waals surface area contributed by atoms with Crippen molar-refractivity contribution in [3.63, 3.8) is 0 Å². The smallest absolute Gasteiger partial charge is 0.0727 e. The second-order valence-electron chi connectivity index (χ2n) is 3.78. The average Bonchev–Trinajstić information content (AvgIpc) is 1.82. The molecular formula is C8H19NO2. The monoisotopic (exact) mass is 161 g/mol. The number of rotatable bonds is 3. The van der Waals surface area contributed by atoms with Crippen LogP contribution in [0.3, 0.4) is 0 Å². The highest BCUT2D eigenvalue weighted by molar-refractivity contribution is 4.71. The molecule has 0 amide bonds. The molecule has 68 valence electrons. The highest BCUT2D eigenvalue weighted by Gasteiger charge is 2.19. The summed E-state index contributed by atoms with van der Waals surface area (Å²) in [5, 5.41) is 8.70. The van der Waals surface area contributed by atoms with Crippen molar-refractivity contribution in [3.05, 3.63) is 0 Å². The maximum Gasteiger partial charge on any atom is 0.0727 e. The van der Waals surface area contributed by atoms with Gasteiger partial charge >= 0.3 is 0 Å². The lowest BCUT2D eigenvalue weighted by atomic mass is 10.1. The summed E-state index contributed by atoms with van der Waals surface area (Å²) in [6, 6.07) is -0.283. The Morgan fingerprint density at radius 2 is 1.91 bits per heavy atom. The molecule has 0 aromatic carbocycles. The Morgan fingerprint density at radius 3 is 2.18 bits per heavy atom. The van der Waals surface area contributed by atoms with Gasteiger partial charge in [-0.05, 0) is 27.7 Å². The number of hydrogen-bond acceptors (Lipinski definition) is 3. The summed E-state index contributed by atoms with van der Waals surface area (Å²) in [5.74, 6) is 0. The van der Waals surface area contributed by atoms with Crippen LogP contribution in [0.4, 0.5) is 0 Å². The third kappa shape index (κ3) is 5.18. The van der Waals surface area contributed by atoms with Crippen LogP contribution in [0.2, 0.25) is 0 Å². The van der Waals surface area contributed by atoms with Crippen LogP contribution in [0.1, 0.15) is 27.7 Å². The zero-order valence-electron chi connectivity index (χ0n) is 7.79. The molecular weight excluding hydrogens is 142 g/mol. The SMILES string of the molecule is C[C@H](OC(C)(C)C)[C@H](N)CO. The van der Waals surface area contributed by atoms with Gasteiger partial charge in [0.2, 0.25) is 0 Å². The molecule has 0 aliphatic rings. The van der Waals surface area contributed by atoms with E-state index in [9.17, 15) is 0 Å². The maximum atomic E-state index is 8.70. The fourth-order valence-electron chi connectivity index (χ4n) is 0.794. The van der Waals surface area contributed by atoms with Crippen molar-refractivity contribution < 1.29 is 9.84 Å². The van der Waals surface area contributed by atoms with Crippen LogP contribution in [-0.2, 0) is 4.74 Å². The van der Waals surface area contributed by atoms with Gasteiger partial charge in [0.25, 0.3) is 0 Å². The highest BCUT2D eigenvalue weighted by Crippen LogP contribution is 2.11. The van der Waals surface area contributed by atoms with E-state index < -0.39 is 0 Å². The third-order valence-electron chi connectivity index (χ3n) is 1.35. The summed E-state index contributed by atoms with van der Waals surface area (Å²) in [6.07, 6.45) is -0.0972. The first kappa shape index (κ1) is 10.9. The summed E-state index contributed by atoms with van der Waals surface area (Å²) in [7, 11) is 0. The quantitative estimate of drug-likeness (QED) is 0.634. The minimum atomic E-state index is -0.283. The number of aliphatic hydroxyl groups is 1. The van der Waals surface area contributed by atoms with Crippen molar-refractivity contribution in [3.8, 4) is 0 Å². The number of hydrogen-bond donors (Lipinski definition) is 2. The van der Waals surface area contributed by atoms with E-state index in [-0.39, 0.29) is 24.4 Å². The molecule has 0 aliphatic carbocycles. The Morgan fingerprint density at radius 1 is 1.45 bits per heavy atom. The van der Waals surface area contributed by atoms with Gasteiger partial charge in [-0.2, -0.15) is 0 Å². The predicted molar refractivity (Wildman–Crippen MR) is 45.4 cm³/mol. The molecule has 0 rings (SSSR count). The first-order valence-electron chi connectivity index (χ1n) is 3.91. The molecule has 0 unspecified atom stereocenters. The van der Waals surface area contributed by atoms with Gasteiger partial charge in [0.05, 0.1) is 24.4 Å². The molecule has 0 aromatic heterocycles. The molecule has 0 fully saturated rings. The molecule has 0 saturated heterocycles. The first-order chi connectivity index (χ1) is 4.87. The summed E-state index contributed by atoms with van der Waals surface area (Å²) in [5.41, 5.74) is 5.36. The first-order valence-corrected chi connectivity index (χ1v) is 3.91. The van der Waals surface area contributed by atoms with E-state index >= 15 is 0 Å². The van der Waals surface area contributed by atoms with E-state index in [4.69, 9.17) is 15.6 Å². The fourth-order valence-corrected chi connectivity index (χ4v) is 0.794. The van der Waals surface area contributed by atoms with Gasteiger partial charge in [-0.25, -0.2) is 0 Å². The number of aliphatic hydroxyl groups excluding tert-OH is 1. The van der Waals surface area contributed by atoms with Crippen LogP contribution in [0, 0.1) is 0 Å². The van der Waals surface area contributed by atoms with Crippen LogP contribution < -0.4 is 5.73 Å². The lowest BCUT2D eigenvalue weighted by Crippen LogP contribution is -2.41. The van der Waals surface area contributed by atoms with Crippen molar-refractivity contribution in [1.82, 2.24) is 0 Å². The van der Waals surface area contributed by atoms with E-state index in [1.165, 1.54) is 0 Å². The molecule has 0 heterocycles. The minimum absolute atomic E-state index is 0.0305. The maximum absolute atomic E-state index is 8.70. The highest BCUT2D eigenvalue weighted by atomic mass is 16.5. The van der Waals surface area contributed by atoms with E-state index in [2.05, 4.69) is 0 Å². The molecule has 3 N–H and O–H groups in total. The molecule has 0 spiro atoms. The van der Waals surface area contributed by atoms with E-state index in [0.29, 0.717) is 0 Å². The lowest BCUT2D eigenvalue weighted by molar-refractivity contribution is -0.0669. The molecule has 11 heavy (non-hydrogen) atoms. The van der Waals surface area contributed by atoms with E-state index in [1.54, 1.807) is 0 Å². The molecule has 0 radical (unpaired) electrons. The van der Waals surface area contributed by atoms with Gasteiger partial charge in [-0.15, -0.1) is 0 Å². The Bertz CT molecular complexity index is 109. The second kappa shape index (κ2) is 4.04. The molecule has 0 saturated carbocycles. The van der Waals surface area contributed by atoms with Crippen molar-refractivity contribution in [2.45, 2.75) is 45.4 Å². The van der Waals surface area contributed by atoms with Crippen molar-refractivity contribution in [2.75, 3.05) is 6.61 Å². The van der Waals surface area contributed by atoms with Gasteiger partial charge in [0.1, 0.15) is 0 Å². The van der Waals surface area contributed by atoms with Gasteiger partial charge < -0.3 is 15.6 Å². The number of ether oxygens (including phenoxy) is 1. The van der Waals surface area contributed by atoms with Gasteiger partial charge in [0, 0.05) is 0 Å². The van der Waals surface area contributed by atoms with Crippen molar-refractivity contribution >= 4 is 0 Å². The zero-order chi connectivity index (χ0) is 9.07. The fraction of sp³-hybridized carbons (Fsp3) is 1.00. The van der Waals surface area contributed by atoms with Crippen LogP contribution in [0.5, 0.6) is 0 Å². The summed E-state index contributed by atoms with van der Waals surface area (Å²) >= 11 is 0. The Kier molecular flexibility index (Phi) is 4.00.